The molecule has 0 aliphatic heterocycles. The SMILES string of the molecule is C[C@@H](NCCC(=O)N(Cc1ccc(F)cc1)Cc1ccc(F)cc1)c1cccc2ccccc12. The zero-order valence-electron chi connectivity index (χ0n) is 19.2. The van der Waals surface area contributed by atoms with Gasteiger partial charge in [0.1, 0.15) is 11.6 Å². The third kappa shape index (κ3) is 6.06. The Morgan fingerprint density at radius 2 is 1.35 bits per heavy atom. The predicted molar refractivity (Wildman–Crippen MR) is 132 cm³/mol. The van der Waals surface area contributed by atoms with Crippen molar-refractivity contribution in [1.82, 2.24) is 10.2 Å². The van der Waals surface area contributed by atoms with Crippen LogP contribution in [0.5, 0.6) is 0 Å². The summed E-state index contributed by atoms with van der Waals surface area (Å²) in [5.74, 6) is -0.648. The second-order valence-corrected chi connectivity index (χ2v) is 8.50. The zero-order valence-corrected chi connectivity index (χ0v) is 19.2. The highest BCUT2D eigenvalue weighted by Crippen LogP contribution is 2.24. The molecule has 0 spiro atoms. The molecule has 0 radical (unpaired) electrons. The molecule has 0 heterocycles. The van der Waals surface area contributed by atoms with E-state index in [2.05, 4.69) is 36.5 Å². The highest BCUT2D eigenvalue weighted by atomic mass is 19.1. The lowest BCUT2D eigenvalue weighted by Gasteiger charge is -2.24. The van der Waals surface area contributed by atoms with Crippen molar-refractivity contribution in [2.24, 2.45) is 0 Å². The molecule has 5 heteroatoms. The van der Waals surface area contributed by atoms with E-state index in [-0.39, 0.29) is 23.6 Å². The number of hydrogen-bond acceptors (Lipinski definition) is 2. The maximum absolute atomic E-state index is 13.3. The summed E-state index contributed by atoms with van der Waals surface area (Å²) >= 11 is 0. The second kappa shape index (κ2) is 11.0. The van der Waals surface area contributed by atoms with Crippen LogP contribution in [0.15, 0.2) is 91.0 Å². The monoisotopic (exact) mass is 458 g/mol. The molecule has 4 aromatic rings. The molecular formula is C29H28F2N2O. The number of benzene rings is 4. The fourth-order valence-corrected chi connectivity index (χ4v) is 4.14. The van der Waals surface area contributed by atoms with E-state index in [1.165, 1.54) is 40.6 Å². The molecule has 4 aromatic carbocycles. The summed E-state index contributed by atoms with van der Waals surface area (Å²) in [6, 6.07) is 26.9. The maximum atomic E-state index is 13.3. The molecule has 1 N–H and O–H groups in total. The number of nitrogens with one attached hydrogen (secondary N) is 1. The smallest absolute Gasteiger partial charge is 0.224 e. The average molecular weight is 459 g/mol. The first kappa shape index (κ1) is 23.6. The fourth-order valence-electron chi connectivity index (χ4n) is 4.14. The number of carbonyl (C=O) groups excluding carboxylic acids is 1. The van der Waals surface area contributed by atoms with E-state index in [0.29, 0.717) is 26.1 Å². The Bertz CT molecular complexity index is 1190. The number of hydrogen-bond donors (Lipinski definition) is 1. The van der Waals surface area contributed by atoms with Gasteiger partial charge in [-0.25, -0.2) is 8.78 Å². The summed E-state index contributed by atoms with van der Waals surface area (Å²) in [6.45, 7) is 3.33. The molecule has 0 unspecified atom stereocenters. The van der Waals surface area contributed by atoms with Gasteiger partial charge >= 0.3 is 0 Å². The van der Waals surface area contributed by atoms with Crippen LogP contribution in [0, 0.1) is 11.6 Å². The molecule has 0 aliphatic rings. The lowest BCUT2D eigenvalue weighted by molar-refractivity contribution is -0.132. The van der Waals surface area contributed by atoms with E-state index < -0.39 is 0 Å². The molecule has 1 amide bonds. The number of fused-ring (bicyclic) bond motifs is 1. The highest BCUT2D eigenvalue weighted by molar-refractivity contribution is 5.86. The van der Waals surface area contributed by atoms with Gasteiger partial charge in [-0.1, -0.05) is 66.7 Å². The number of amides is 1. The molecule has 34 heavy (non-hydrogen) atoms. The first-order valence-electron chi connectivity index (χ1n) is 11.5. The normalized spacial score (nSPS) is 12.0. The minimum Gasteiger partial charge on any atom is -0.334 e. The van der Waals surface area contributed by atoms with Gasteiger partial charge in [0.2, 0.25) is 5.91 Å². The van der Waals surface area contributed by atoms with Crippen molar-refractivity contribution in [2.75, 3.05) is 6.54 Å². The summed E-state index contributed by atoms with van der Waals surface area (Å²) in [7, 11) is 0. The van der Waals surface area contributed by atoms with E-state index in [1.807, 2.05) is 18.2 Å². The van der Waals surface area contributed by atoms with Gasteiger partial charge < -0.3 is 10.2 Å². The van der Waals surface area contributed by atoms with Crippen LogP contribution >= 0.6 is 0 Å². The average Bonchev–Trinajstić information content (AvgIpc) is 2.85. The summed E-state index contributed by atoms with van der Waals surface area (Å²) in [5.41, 5.74) is 2.88. The Balaban J connectivity index is 1.41. The highest BCUT2D eigenvalue weighted by Gasteiger charge is 2.16. The number of nitrogens with zero attached hydrogens (tertiary/aromatic N) is 1. The van der Waals surface area contributed by atoms with Gasteiger partial charge in [-0.3, -0.25) is 4.79 Å². The first-order valence-corrected chi connectivity index (χ1v) is 11.5. The molecule has 3 nitrogen and oxygen atoms in total. The van der Waals surface area contributed by atoms with Crippen LogP contribution in [0.25, 0.3) is 10.8 Å². The third-order valence-electron chi connectivity index (χ3n) is 6.01. The van der Waals surface area contributed by atoms with E-state index >= 15 is 0 Å². The van der Waals surface area contributed by atoms with Crippen LogP contribution in [0.4, 0.5) is 8.78 Å². The largest absolute Gasteiger partial charge is 0.334 e. The van der Waals surface area contributed by atoms with Gasteiger partial charge in [-0.05, 0) is 58.7 Å². The van der Waals surface area contributed by atoms with E-state index in [4.69, 9.17) is 0 Å². The van der Waals surface area contributed by atoms with Crippen molar-refractivity contribution in [1.29, 1.82) is 0 Å². The summed E-state index contributed by atoms with van der Waals surface area (Å²) < 4.78 is 26.6. The van der Waals surface area contributed by atoms with Crippen molar-refractivity contribution in [2.45, 2.75) is 32.5 Å². The van der Waals surface area contributed by atoms with Gasteiger partial charge in [0.25, 0.3) is 0 Å². The van der Waals surface area contributed by atoms with Gasteiger partial charge in [-0.15, -0.1) is 0 Å². The molecule has 174 valence electrons. The van der Waals surface area contributed by atoms with Gasteiger partial charge in [0.15, 0.2) is 0 Å². The van der Waals surface area contributed by atoms with Gasteiger partial charge in [-0.2, -0.15) is 0 Å². The minimum absolute atomic E-state index is 0.0220. The van der Waals surface area contributed by atoms with Crippen molar-refractivity contribution < 1.29 is 13.6 Å². The third-order valence-corrected chi connectivity index (χ3v) is 6.01. The standard InChI is InChI=1S/C29H28F2N2O/c1-21(27-8-4-6-24-5-2-3-7-28(24)27)32-18-17-29(34)33(19-22-9-13-25(30)14-10-22)20-23-11-15-26(31)16-12-23/h2-16,21,32H,17-20H2,1H3/t21-/m1/s1. The topological polar surface area (TPSA) is 32.3 Å². The van der Waals surface area contributed by atoms with E-state index in [0.717, 1.165) is 11.1 Å². The Morgan fingerprint density at radius 3 is 1.97 bits per heavy atom. The van der Waals surface area contributed by atoms with E-state index in [9.17, 15) is 13.6 Å². The number of halogens is 2. The van der Waals surface area contributed by atoms with Gasteiger partial charge in [0, 0.05) is 32.1 Å². The Hall–Kier alpha value is -3.57. The van der Waals surface area contributed by atoms with Crippen LogP contribution in [-0.2, 0) is 17.9 Å². The number of carbonyl (C=O) groups is 1. The lowest BCUT2D eigenvalue weighted by atomic mass is 9.99. The lowest BCUT2D eigenvalue weighted by Crippen LogP contribution is -2.33. The maximum Gasteiger partial charge on any atom is 0.224 e. The van der Waals surface area contributed by atoms with Crippen LogP contribution in [0.2, 0.25) is 0 Å². The van der Waals surface area contributed by atoms with Crippen molar-refractivity contribution in [3.05, 3.63) is 119 Å². The predicted octanol–water partition coefficient (Wildman–Crippen LogP) is 6.39. The molecule has 0 aliphatic carbocycles. The molecule has 0 fully saturated rings. The molecule has 0 saturated heterocycles. The first-order chi connectivity index (χ1) is 16.5. The van der Waals surface area contributed by atoms with Crippen molar-refractivity contribution >= 4 is 16.7 Å². The second-order valence-electron chi connectivity index (χ2n) is 8.50. The molecular weight excluding hydrogens is 430 g/mol. The minimum atomic E-state index is -0.313. The van der Waals surface area contributed by atoms with Crippen molar-refractivity contribution in [3.8, 4) is 0 Å². The number of rotatable bonds is 9. The van der Waals surface area contributed by atoms with Crippen LogP contribution in [0.1, 0.15) is 36.1 Å². The molecule has 4 rings (SSSR count). The Morgan fingerprint density at radius 1 is 0.794 bits per heavy atom. The summed E-state index contributed by atoms with van der Waals surface area (Å²) in [4.78, 5) is 14.9. The van der Waals surface area contributed by atoms with Crippen LogP contribution in [0.3, 0.4) is 0 Å². The summed E-state index contributed by atoms with van der Waals surface area (Å²) in [6.07, 6.45) is 0.317. The van der Waals surface area contributed by atoms with Crippen molar-refractivity contribution in [3.63, 3.8) is 0 Å². The van der Waals surface area contributed by atoms with Gasteiger partial charge in [0.05, 0.1) is 0 Å². The van der Waals surface area contributed by atoms with Crippen LogP contribution < -0.4 is 5.32 Å². The fraction of sp³-hybridized carbons (Fsp3) is 0.207. The van der Waals surface area contributed by atoms with Crippen LogP contribution in [-0.4, -0.2) is 17.4 Å². The molecule has 0 saturated carbocycles. The molecule has 1 atom stereocenters. The Kier molecular flexibility index (Phi) is 7.65. The summed E-state index contributed by atoms with van der Waals surface area (Å²) in [5, 5.41) is 5.86. The molecule has 0 aromatic heterocycles. The quantitative estimate of drug-likeness (QED) is 0.315. The zero-order chi connectivity index (χ0) is 23.9. The van der Waals surface area contributed by atoms with E-state index in [1.54, 1.807) is 29.2 Å². The Labute approximate surface area is 199 Å². The molecule has 0 bridgehead atoms.